The monoisotopic (exact) mass is 269 g/mol. The van der Waals surface area contributed by atoms with Crippen LogP contribution in [0, 0.1) is 11.8 Å². The van der Waals surface area contributed by atoms with Gasteiger partial charge in [0.05, 0.1) is 0 Å². The van der Waals surface area contributed by atoms with E-state index in [1.807, 2.05) is 0 Å². The molecule has 0 aromatic carbocycles. The molecule has 0 bridgehead atoms. The van der Waals surface area contributed by atoms with Crippen LogP contribution in [0.5, 0.6) is 0 Å². The Balaban J connectivity index is 2.09. The summed E-state index contributed by atoms with van der Waals surface area (Å²) in [5.41, 5.74) is 5.66. The first-order valence-electron chi connectivity index (χ1n) is 7.27. The number of hydrogen-bond donors (Lipinski definition) is 3. The van der Waals surface area contributed by atoms with Gasteiger partial charge in [0.25, 0.3) is 0 Å². The van der Waals surface area contributed by atoms with Crippen LogP contribution in [0.2, 0.25) is 0 Å². The summed E-state index contributed by atoms with van der Waals surface area (Å²) in [5, 5.41) is 5.69. The molecule has 2 amide bonds. The van der Waals surface area contributed by atoms with E-state index in [4.69, 9.17) is 5.73 Å². The summed E-state index contributed by atoms with van der Waals surface area (Å²) in [4.78, 5) is 23.1. The van der Waals surface area contributed by atoms with E-state index in [1.54, 1.807) is 0 Å². The minimum Gasteiger partial charge on any atom is -0.356 e. The summed E-state index contributed by atoms with van der Waals surface area (Å²) >= 11 is 0. The zero-order valence-electron chi connectivity index (χ0n) is 12.1. The van der Waals surface area contributed by atoms with Gasteiger partial charge < -0.3 is 16.4 Å². The fraction of sp³-hybridized carbons (Fsp3) is 0.857. The lowest BCUT2D eigenvalue weighted by Crippen LogP contribution is -2.33. The molecule has 19 heavy (non-hydrogen) atoms. The zero-order chi connectivity index (χ0) is 14.3. The molecule has 0 aromatic rings. The molecular formula is C14H27N3O2. The van der Waals surface area contributed by atoms with Crippen molar-refractivity contribution in [3.8, 4) is 0 Å². The normalized spacial score (nSPS) is 16.2. The number of hydrogen-bond acceptors (Lipinski definition) is 3. The van der Waals surface area contributed by atoms with Gasteiger partial charge in [-0.1, -0.05) is 13.8 Å². The predicted octanol–water partition coefficient (Wildman–Crippen LogP) is 0.782. The third-order valence-electron chi connectivity index (χ3n) is 3.23. The maximum absolute atomic E-state index is 11.7. The second-order valence-electron chi connectivity index (χ2n) is 5.88. The molecule has 0 radical (unpaired) electrons. The Bertz CT molecular complexity index is 301. The van der Waals surface area contributed by atoms with Crippen LogP contribution in [-0.4, -0.2) is 30.9 Å². The minimum atomic E-state index is -0.00433. The van der Waals surface area contributed by atoms with Crippen LogP contribution in [0.1, 0.15) is 46.0 Å². The average Bonchev–Trinajstić information content (AvgIpc) is 3.11. The Labute approximate surface area is 115 Å². The van der Waals surface area contributed by atoms with Crippen LogP contribution in [-0.2, 0) is 9.59 Å². The molecule has 4 N–H and O–H groups in total. The Morgan fingerprint density at radius 2 is 1.95 bits per heavy atom. The van der Waals surface area contributed by atoms with Gasteiger partial charge in [-0.3, -0.25) is 9.59 Å². The highest BCUT2D eigenvalue weighted by atomic mass is 16.2. The number of nitrogens with one attached hydrogen (secondary N) is 2. The van der Waals surface area contributed by atoms with Crippen molar-refractivity contribution in [3.63, 3.8) is 0 Å². The van der Waals surface area contributed by atoms with Gasteiger partial charge in [0, 0.05) is 25.4 Å². The maximum atomic E-state index is 11.7. The first kappa shape index (κ1) is 16.0. The van der Waals surface area contributed by atoms with Crippen LogP contribution in [0.15, 0.2) is 0 Å². The first-order valence-corrected chi connectivity index (χ1v) is 7.27. The highest BCUT2D eigenvalue weighted by Gasteiger charge is 2.22. The standard InChI is InChI=1S/C14H27N3O2/c1-10(2)7-11(9-15)8-14(19)16-6-5-13(18)17-12-3-4-12/h10-12H,3-9,15H2,1-2H3,(H,16,19)(H,17,18)/t11-/m0/s1. The lowest BCUT2D eigenvalue weighted by atomic mass is 9.94. The molecule has 0 aliphatic heterocycles. The highest BCUT2D eigenvalue weighted by Crippen LogP contribution is 2.18. The van der Waals surface area contributed by atoms with E-state index in [2.05, 4.69) is 24.5 Å². The van der Waals surface area contributed by atoms with E-state index in [-0.39, 0.29) is 17.7 Å². The fourth-order valence-electron chi connectivity index (χ4n) is 2.11. The average molecular weight is 269 g/mol. The summed E-state index contributed by atoms with van der Waals surface area (Å²) in [6.45, 7) is 5.20. The molecule has 0 unspecified atom stereocenters. The summed E-state index contributed by atoms with van der Waals surface area (Å²) < 4.78 is 0. The third-order valence-corrected chi connectivity index (χ3v) is 3.23. The molecule has 5 heteroatoms. The van der Waals surface area contributed by atoms with E-state index in [9.17, 15) is 9.59 Å². The van der Waals surface area contributed by atoms with Crippen molar-refractivity contribution in [2.24, 2.45) is 17.6 Å². The molecule has 1 saturated carbocycles. The van der Waals surface area contributed by atoms with Gasteiger partial charge >= 0.3 is 0 Å². The van der Waals surface area contributed by atoms with Crippen LogP contribution in [0.25, 0.3) is 0 Å². The number of rotatable bonds is 9. The van der Waals surface area contributed by atoms with E-state index >= 15 is 0 Å². The van der Waals surface area contributed by atoms with Crippen LogP contribution in [0.4, 0.5) is 0 Å². The number of amides is 2. The molecule has 1 atom stereocenters. The van der Waals surface area contributed by atoms with Crippen molar-refractivity contribution in [2.75, 3.05) is 13.1 Å². The molecule has 1 rings (SSSR count). The van der Waals surface area contributed by atoms with E-state index in [0.29, 0.717) is 37.9 Å². The predicted molar refractivity (Wildman–Crippen MR) is 75.4 cm³/mol. The van der Waals surface area contributed by atoms with Crippen LogP contribution >= 0.6 is 0 Å². The van der Waals surface area contributed by atoms with Crippen molar-refractivity contribution >= 4 is 11.8 Å². The fourth-order valence-corrected chi connectivity index (χ4v) is 2.11. The molecule has 110 valence electrons. The van der Waals surface area contributed by atoms with Gasteiger partial charge in [0.1, 0.15) is 0 Å². The lowest BCUT2D eigenvalue weighted by Gasteiger charge is -2.16. The highest BCUT2D eigenvalue weighted by molar-refractivity contribution is 5.79. The Morgan fingerprint density at radius 1 is 1.26 bits per heavy atom. The van der Waals surface area contributed by atoms with Crippen molar-refractivity contribution < 1.29 is 9.59 Å². The first-order chi connectivity index (χ1) is 9.01. The Kier molecular flexibility index (Phi) is 6.84. The Hall–Kier alpha value is -1.10. The van der Waals surface area contributed by atoms with Crippen molar-refractivity contribution in [3.05, 3.63) is 0 Å². The van der Waals surface area contributed by atoms with E-state index in [0.717, 1.165) is 19.3 Å². The summed E-state index contributed by atoms with van der Waals surface area (Å²) in [6, 6.07) is 0.385. The molecule has 0 spiro atoms. The molecule has 5 nitrogen and oxygen atoms in total. The number of carbonyl (C=O) groups is 2. The second kappa shape index (κ2) is 8.15. The smallest absolute Gasteiger partial charge is 0.221 e. The van der Waals surface area contributed by atoms with Gasteiger partial charge in [-0.25, -0.2) is 0 Å². The van der Waals surface area contributed by atoms with Crippen molar-refractivity contribution in [2.45, 2.75) is 52.0 Å². The van der Waals surface area contributed by atoms with E-state index in [1.165, 1.54) is 0 Å². The lowest BCUT2D eigenvalue weighted by molar-refractivity contribution is -0.122. The molecule has 1 aliphatic carbocycles. The summed E-state index contributed by atoms with van der Waals surface area (Å²) in [7, 11) is 0. The van der Waals surface area contributed by atoms with Crippen molar-refractivity contribution in [1.29, 1.82) is 0 Å². The molecule has 0 saturated heterocycles. The summed E-state index contributed by atoms with van der Waals surface area (Å²) in [6.07, 6.45) is 3.96. The van der Waals surface area contributed by atoms with Crippen molar-refractivity contribution in [1.82, 2.24) is 10.6 Å². The SMILES string of the molecule is CC(C)C[C@H](CN)CC(=O)NCCC(=O)NC1CC1. The topological polar surface area (TPSA) is 84.2 Å². The number of carbonyl (C=O) groups excluding carboxylic acids is 2. The quantitative estimate of drug-likeness (QED) is 0.578. The van der Waals surface area contributed by atoms with Gasteiger partial charge in [-0.05, 0) is 37.6 Å². The van der Waals surface area contributed by atoms with Gasteiger partial charge in [-0.15, -0.1) is 0 Å². The van der Waals surface area contributed by atoms with Gasteiger partial charge in [0.2, 0.25) is 11.8 Å². The molecule has 1 fully saturated rings. The van der Waals surface area contributed by atoms with Crippen LogP contribution < -0.4 is 16.4 Å². The molecule has 0 aromatic heterocycles. The maximum Gasteiger partial charge on any atom is 0.221 e. The van der Waals surface area contributed by atoms with Gasteiger partial charge in [0.15, 0.2) is 0 Å². The summed E-state index contributed by atoms with van der Waals surface area (Å²) in [5.74, 6) is 0.807. The molecule has 0 heterocycles. The largest absolute Gasteiger partial charge is 0.356 e. The van der Waals surface area contributed by atoms with Crippen LogP contribution in [0.3, 0.4) is 0 Å². The van der Waals surface area contributed by atoms with E-state index < -0.39 is 0 Å². The molecular weight excluding hydrogens is 242 g/mol. The van der Waals surface area contributed by atoms with Gasteiger partial charge in [-0.2, -0.15) is 0 Å². The minimum absolute atomic E-state index is 0.00433. The zero-order valence-corrected chi connectivity index (χ0v) is 12.1. The molecule has 1 aliphatic rings. The second-order valence-corrected chi connectivity index (χ2v) is 5.88. The third kappa shape index (κ3) is 7.82. The Morgan fingerprint density at radius 3 is 2.47 bits per heavy atom. The number of nitrogens with two attached hydrogens (primary N) is 1.